The van der Waals surface area contributed by atoms with Gasteiger partial charge < -0.3 is 16.2 Å². The first-order valence-corrected chi connectivity index (χ1v) is 5.18. The number of hydrogen-bond donors (Lipinski definition) is 3. The third-order valence-corrected chi connectivity index (χ3v) is 2.21. The Balaban J connectivity index is 3.87. The van der Waals surface area contributed by atoms with Crippen LogP contribution >= 0.6 is 0 Å². The maximum Gasteiger partial charge on any atom is 0.237 e. The van der Waals surface area contributed by atoms with Crippen LogP contribution in [0.5, 0.6) is 0 Å². The van der Waals surface area contributed by atoms with Crippen LogP contribution in [0.3, 0.4) is 0 Å². The van der Waals surface area contributed by atoms with Crippen molar-refractivity contribution in [3.8, 4) is 0 Å². The van der Waals surface area contributed by atoms with Gasteiger partial charge in [-0.05, 0) is 19.8 Å². The monoisotopic (exact) mass is 202 g/mol. The Morgan fingerprint density at radius 3 is 2.57 bits per heavy atom. The summed E-state index contributed by atoms with van der Waals surface area (Å²) in [6, 6.07) is -0.465. The van der Waals surface area contributed by atoms with Gasteiger partial charge in [0, 0.05) is 6.54 Å². The number of carbonyl (C=O) groups excluding carboxylic acids is 1. The zero-order valence-corrected chi connectivity index (χ0v) is 9.34. The molecular formula is C10H22N2O2. The zero-order chi connectivity index (χ0) is 11.2. The summed E-state index contributed by atoms with van der Waals surface area (Å²) in [6.45, 7) is 5.84. The van der Waals surface area contributed by atoms with Crippen LogP contribution in [0.25, 0.3) is 0 Å². The van der Waals surface area contributed by atoms with E-state index in [-0.39, 0.29) is 12.5 Å². The second-order valence-electron chi connectivity index (χ2n) is 3.98. The van der Waals surface area contributed by atoms with Crippen LogP contribution < -0.4 is 11.1 Å². The number of aliphatic hydroxyl groups is 1. The van der Waals surface area contributed by atoms with Crippen LogP contribution in [-0.2, 0) is 4.79 Å². The van der Waals surface area contributed by atoms with Crippen molar-refractivity contribution in [2.75, 3.05) is 6.54 Å². The Morgan fingerprint density at radius 1 is 1.57 bits per heavy atom. The molecule has 0 radical (unpaired) electrons. The first kappa shape index (κ1) is 13.4. The molecule has 0 aliphatic heterocycles. The van der Waals surface area contributed by atoms with Crippen molar-refractivity contribution in [2.45, 2.75) is 51.7 Å². The molecule has 14 heavy (non-hydrogen) atoms. The Kier molecular flexibility index (Phi) is 5.72. The first-order chi connectivity index (χ1) is 6.43. The topological polar surface area (TPSA) is 75.3 Å². The van der Waals surface area contributed by atoms with E-state index >= 15 is 0 Å². The predicted molar refractivity (Wildman–Crippen MR) is 56.8 cm³/mol. The van der Waals surface area contributed by atoms with Crippen LogP contribution in [-0.4, -0.2) is 29.2 Å². The Bertz CT molecular complexity index is 181. The highest BCUT2D eigenvalue weighted by Gasteiger charge is 2.21. The van der Waals surface area contributed by atoms with Crippen molar-refractivity contribution in [1.29, 1.82) is 0 Å². The Hall–Kier alpha value is -0.610. The molecule has 0 bridgehead atoms. The molecule has 4 N–H and O–H groups in total. The number of amides is 1. The molecule has 0 aromatic carbocycles. The lowest BCUT2D eigenvalue weighted by Gasteiger charge is -2.23. The Morgan fingerprint density at radius 2 is 2.14 bits per heavy atom. The summed E-state index contributed by atoms with van der Waals surface area (Å²) in [5, 5.41) is 12.4. The number of rotatable bonds is 6. The summed E-state index contributed by atoms with van der Waals surface area (Å²) in [6.07, 6.45) is 2.18. The fourth-order valence-electron chi connectivity index (χ4n) is 1.22. The highest BCUT2D eigenvalue weighted by molar-refractivity contribution is 5.81. The molecule has 4 nitrogen and oxygen atoms in total. The van der Waals surface area contributed by atoms with Gasteiger partial charge in [-0.25, -0.2) is 0 Å². The molecule has 84 valence electrons. The number of nitrogens with one attached hydrogen (secondary N) is 1. The predicted octanol–water partition coefficient (Wildman–Crippen LogP) is 0.391. The van der Waals surface area contributed by atoms with Crippen molar-refractivity contribution < 1.29 is 9.90 Å². The zero-order valence-electron chi connectivity index (χ0n) is 9.34. The minimum Gasteiger partial charge on any atom is -0.388 e. The lowest BCUT2D eigenvalue weighted by atomic mass is 10.0. The Labute approximate surface area is 85.9 Å². The summed E-state index contributed by atoms with van der Waals surface area (Å²) in [4.78, 5) is 11.3. The van der Waals surface area contributed by atoms with Gasteiger partial charge in [-0.1, -0.05) is 20.3 Å². The van der Waals surface area contributed by atoms with Gasteiger partial charge in [0.25, 0.3) is 0 Å². The number of hydrogen-bond acceptors (Lipinski definition) is 3. The number of carbonyl (C=O) groups is 1. The van der Waals surface area contributed by atoms with Crippen LogP contribution in [0.15, 0.2) is 0 Å². The van der Waals surface area contributed by atoms with Crippen molar-refractivity contribution in [1.82, 2.24) is 5.32 Å². The van der Waals surface area contributed by atoms with Crippen molar-refractivity contribution in [3.63, 3.8) is 0 Å². The average molecular weight is 202 g/mol. The highest BCUT2D eigenvalue weighted by Crippen LogP contribution is 2.09. The second kappa shape index (κ2) is 5.98. The van der Waals surface area contributed by atoms with Crippen LogP contribution in [0.1, 0.15) is 40.0 Å². The molecule has 4 heteroatoms. The van der Waals surface area contributed by atoms with E-state index in [1.54, 1.807) is 6.92 Å². The molecular weight excluding hydrogens is 180 g/mol. The van der Waals surface area contributed by atoms with Crippen molar-refractivity contribution in [3.05, 3.63) is 0 Å². The van der Waals surface area contributed by atoms with Gasteiger partial charge in [-0.3, -0.25) is 4.79 Å². The maximum absolute atomic E-state index is 11.3. The van der Waals surface area contributed by atoms with E-state index in [0.29, 0.717) is 12.8 Å². The standard InChI is InChI=1S/C10H22N2O2/c1-4-6-10(3,14)7-12-9(13)8(11)5-2/h8,14H,4-7,11H2,1-3H3,(H,12,13)/t8-,10?/m0/s1. The summed E-state index contributed by atoms with van der Waals surface area (Å²) < 4.78 is 0. The van der Waals surface area contributed by atoms with Crippen LogP contribution in [0.2, 0.25) is 0 Å². The molecule has 0 saturated carbocycles. The second-order valence-corrected chi connectivity index (χ2v) is 3.98. The van der Waals surface area contributed by atoms with Gasteiger partial charge in [-0.15, -0.1) is 0 Å². The van der Waals surface area contributed by atoms with E-state index in [0.717, 1.165) is 6.42 Å². The van der Waals surface area contributed by atoms with Crippen molar-refractivity contribution >= 4 is 5.91 Å². The molecule has 2 atom stereocenters. The third kappa shape index (κ3) is 5.19. The molecule has 0 fully saturated rings. The normalized spacial score (nSPS) is 17.2. The minimum absolute atomic E-state index is 0.191. The van der Waals surface area contributed by atoms with Gasteiger partial charge in [-0.2, -0.15) is 0 Å². The molecule has 0 aromatic rings. The molecule has 0 heterocycles. The lowest BCUT2D eigenvalue weighted by molar-refractivity contribution is -0.123. The minimum atomic E-state index is -0.822. The molecule has 0 aromatic heterocycles. The fourth-order valence-corrected chi connectivity index (χ4v) is 1.22. The molecule has 1 amide bonds. The lowest BCUT2D eigenvalue weighted by Crippen LogP contribution is -2.46. The van der Waals surface area contributed by atoms with Crippen molar-refractivity contribution in [2.24, 2.45) is 5.73 Å². The molecule has 0 aliphatic carbocycles. The van der Waals surface area contributed by atoms with Gasteiger partial charge in [0.2, 0.25) is 5.91 Å². The third-order valence-electron chi connectivity index (χ3n) is 2.21. The molecule has 0 aliphatic rings. The highest BCUT2D eigenvalue weighted by atomic mass is 16.3. The smallest absolute Gasteiger partial charge is 0.237 e. The van der Waals surface area contributed by atoms with E-state index in [4.69, 9.17) is 5.73 Å². The van der Waals surface area contributed by atoms with Crippen LogP contribution in [0, 0.1) is 0 Å². The van der Waals surface area contributed by atoms with E-state index in [9.17, 15) is 9.90 Å². The summed E-state index contributed by atoms with van der Waals surface area (Å²) in [5.41, 5.74) is 4.70. The fraction of sp³-hybridized carbons (Fsp3) is 0.900. The summed E-state index contributed by atoms with van der Waals surface area (Å²) >= 11 is 0. The van der Waals surface area contributed by atoms with Gasteiger partial charge in [0.1, 0.15) is 0 Å². The molecule has 1 unspecified atom stereocenters. The summed E-state index contributed by atoms with van der Waals surface area (Å²) in [5.74, 6) is -0.191. The van der Waals surface area contributed by atoms with E-state index in [1.807, 2.05) is 13.8 Å². The summed E-state index contributed by atoms with van der Waals surface area (Å²) in [7, 11) is 0. The van der Waals surface area contributed by atoms with E-state index in [1.165, 1.54) is 0 Å². The van der Waals surface area contributed by atoms with Gasteiger partial charge in [0.15, 0.2) is 0 Å². The molecule has 0 saturated heterocycles. The van der Waals surface area contributed by atoms with Gasteiger partial charge in [0.05, 0.1) is 11.6 Å². The molecule has 0 spiro atoms. The van der Waals surface area contributed by atoms with Gasteiger partial charge >= 0.3 is 0 Å². The van der Waals surface area contributed by atoms with E-state index in [2.05, 4.69) is 5.32 Å². The first-order valence-electron chi connectivity index (χ1n) is 5.18. The largest absolute Gasteiger partial charge is 0.388 e. The maximum atomic E-state index is 11.3. The quantitative estimate of drug-likeness (QED) is 0.583. The SMILES string of the molecule is CCCC(C)(O)CNC(=O)[C@@H](N)CC. The van der Waals surface area contributed by atoms with E-state index < -0.39 is 11.6 Å². The van der Waals surface area contributed by atoms with Crippen LogP contribution in [0.4, 0.5) is 0 Å². The number of nitrogens with two attached hydrogens (primary N) is 1. The molecule has 0 rings (SSSR count). The average Bonchev–Trinajstić information content (AvgIpc) is 2.13.